The third-order valence-electron chi connectivity index (χ3n) is 3.24. The minimum Gasteiger partial charge on any atom is -0.545 e. The smallest absolute Gasteiger partial charge is 0.0674 e. The van der Waals surface area contributed by atoms with Crippen LogP contribution in [0.15, 0.2) is 11.1 Å². The number of carboxylic acid groups (broad SMARTS) is 1. The van der Waals surface area contributed by atoms with E-state index in [9.17, 15) is 9.90 Å². The van der Waals surface area contributed by atoms with E-state index in [-0.39, 0.29) is 0 Å². The van der Waals surface area contributed by atoms with Gasteiger partial charge in [0, 0.05) is 0 Å². The Morgan fingerprint density at radius 2 is 1.40 bits per heavy atom. The average molecular weight is 209 g/mol. The average Bonchev–Trinajstić information content (AvgIpc) is 2.23. The third-order valence-corrected chi connectivity index (χ3v) is 3.24. The summed E-state index contributed by atoms with van der Waals surface area (Å²) in [5.41, 5.74) is 1.61. The van der Waals surface area contributed by atoms with Crippen LogP contribution in [0.1, 0.15) is 64.7 Å². The summed E-state index contributed by atoms with van der Waals surface area (Å²) >= 11 is 0. The first-order valence-corrected chi connectivity index (χ1v) is 6.12. The second-order valence-corrected chi connectivity index (χ2v) is 4.52. The zero-order valence-corrected chi connectivity index (χ0v) is 9.68. The Bertz CT molecular complexity index is 241. The van der Waals surface area contributed by atoms with E-state index in [0.29, 0.717) is 12.0 Å². The quantitative estimate of drug-likeness (QED) is 0.666. The van der Waals surface area contributed by atoms with Crippen molar-refractivity contribution in [2.45, 2.75) is 64.7 Å². The number of rotatable bonds is 1. The molecule has 1 aliphatic rings. The molecule has 0 aromatic rings. The zero-order chi connectivity index (χ0) is 11.1. The molecule has 15 heavy (non-hydrogen) atoms. The van der Waals surface area contributed by atoms with E-state index in [1.807, 2.05) is 6.92 Å². The first-order valence-electron chi connectivity index (χ1n) is 6.12. The van der Waals surface area contributed by atoms with Crippen LogP contribution in [0.5, 0.6) is 0 Å². The van der Waals surface area contributed by atoms with Crippen molar-refractivity contribution in [2.75, 3.05) is 0 Å². The molecule has 0 radical (unpaired) electrons. The van der Waals surface area contributed by atoms with Crippen LogP contribution in [0.25, 0.3) is 0 Å². The highest BCUT2D eigenvalue weighted by Crippen LogP contribution is 2.21. The molecule has 0 amide bonds. The number of carboxylic acids is 1. The van der Waals surface area contributed by atoms with Gasteiger partial charge in [-0.15, -0.1) is 0 Å². The lowest BCUT2D eigenvalue weighted by Gasteiger charge is -2.12. The molecule has 0 heterocycles. The van der Waals surface area contributed by atoms with Gasteiger partial charge in [-0.05, 0) is 38.2 Å². The third kappa shape index (κ3) is 4.50. The number of carbonyl (C=O) groups is 1. The van der Waals surface area contributed by atoms with Gasteiger partial charge in [-0.25, -0.2) is 0 Å². The first-order chi connectivity index (χ1) is 7.22. The molecule has 2 heteroatoms. The molecule has 0 N–H and O–H groups in total. The maximum atomic E-state index is 10.9. The van der Waals surface area contributed by atoms with Crippen LogP contribution in [-0.2, 0) is 4.79 Å². The van der Waals surface area contributed by atoms with E-state index in [1.54, 1.807) is 0 Å². The lowest BCUT2D eigenvalue weighted by molar-refractivity contribution is -0.299. The molecule has 1 rings (SSSR count). The SMILES string of the molecule is CC1=C(C(=O)[O-])CCCCCCCCC1. The summed E-state index contributed by atoms with van der Waals surface area (Å²) in [6.45, 7) is 1.95. The Hall–Kier alpha value is -0.790. The summed E-state index contributed by atoms with van der Waals surface area (Å²) in [4.78, 5) is 10.9. The minimum atomic E-state index is -0.952. The number of allylic oxidation sites excluding steroid dienone is 1. The van der Waals surface area contributed by atoms with Gasteiger partial charge in [0.25, 0.3) is 0 Å². The lowest BCUT2D eigenvalue weighted by Crippen LogP contribution is -2.25. The Balaban J connectivity index is 2.62. The molecular weight excluding hydrogens is 188 g/mol. The lowest BCUT2D eigenvalue weighted by atomic mass is 9.99. The predicted octanol–water partition coefficient (Wildman–Crippen LogP) is 2.58. The zero-order valence-electron chi connectivity index (χ0n) is 9.68. The van der Waals surface area contributed by atoms with Gasteiger partial charge in [-0.1, -0.05) is 37.7 Å². The van der Waals surface area contributed by atoms with Crippen molar-refractivity contribution in [1.29, 1.82) is 0 Å². The van der Waals surface area contributed by atoms with Gasteiger partial charge in [0.05, 0.1) is 5.97 Å². The van der Waals surface area contributed by atoms with Gasteiger partial charge in [-0.2, -0.15) is 0 Å². The van der Waals surface area contributed by atoms with Crippen molar-refractivity contribution >= 4 is 5.97 Å². The van der Waals surface area contributed by atoms with Crippen LogP contribution in [0.2, 0.25) is 0 Å². The Morgan fingerprint density at radius 1 is 0.933 bits per heavy atom. The second kappa shape index (κ2) is 6.65. The van der Waals surface area contributed by atoms with Gasteiger partial charge in [0.2, 0.25) is 0 Å². The summed E-state index contributed by atoms with van der Waals surface area (Å²) in [6.07, 6.45) is 10.0. The Morgan fingerprint density at radius 3 is 1.93 bits per heavy atom. The molecule has 0 aromatic heterocycles. The predicted molar refractivity (Wildman–Crippen MR) is 59.3 cm³/mol. The highest BCUT2D eigenvalue weighted by Gasteiger charge is 2.05. The van der Waals surface area contributed by atoms with Crippen LogP contribution in [-0.4, -0.2) is 5.97 Å². The summed E-state index contributed by atoms with van der Waals surface area (Å²) in [6, 6.07) is 0. The molecule has 2 nitrogen and oxygen atoms in total. The monoisotopic (exact) mass is 209 g/mol. The Kier molecular flexibility index (Phi) is 5.44. The van der Waals surface area contributed by atoms with E-state index < -0.39 is 5.97 Å². The fraction of sp³-hybridized carbons (Fsp3) is 0.769. The molecule has 0 unspecified atom stereocenters. The summed E-state index contributed by atoms with van der Waals surface area (Å²) in [7, 11) is 0. The number of aliphatic carboxylic acids is 1. The summed E-state index contributed by atoms with van der Waals surface area (Å²) < 4.78 is 0. The number of hydrogen-bond donors (Lipinski definition) is 0. The van der Waals surface area contributed by atoms with Crippen molar-refractivity contribution in [3.05, 3.63) is 11.1 Å². The van der Waals surface area contributed by atoms with Gasteiger partial charge in [0.1, 0.15) is 0 Å². The largest absolute Gasteiger partial charge is 0.545 e. The molecule has 0 aromatic carbocycles. The summed E-state index contributed by atoms with van der Waals surface area (Å²) in [5.74, 6) is -0.952. The number of carbonyl (C=O) groups excluding carboxylic acids is 1. The maximum Gasteiger partial charge on any atom is 0.0674 e. The molecule has 1 aliphatic carbocycles. The van der Waals surface area contributed by atoms with Crippen LogP contribution in [0.4, 0.5) is 0 Å². The first kappa shape index (κ1) is 12.3. The van der Waals surface area contributed by atoms with Crippen LogP contribution >= 0.6 is 0 Å². The summed E-state index contributed by atoms with van der Waals surface area (Å²) in [5, 5.41) is 10.9. The van der Waals surface area contributed by atoms with Crippen molar-refractivity contribution in [1.82, 2.24) is 0 Å². The van der Waals surface area contributed by atoms with Gasteiger partial charge >= 0.3 is 0 Å². The Labute approximate surface area is 92.4 Å². The molecule has 0 saturated heterocycles. The maximum absolute atomic E-state index is 10.9. The molecule has 0 saturated carbocycles. The van der Waals surface area contributed by atoms with E-state index in [4.69, 9.17) is 0 Å². The van der Waals surface area contributed by atoms with E-state index in [0.717, 1.165) is 31.3 Å². The molecule has 0 bridgehead atoms. The van der Waals surface area contributed by atoms with Crippen LogP contribution in [0.3, 0.4) is 0 Å². The topological polar surface area (TPSA) is 40.1 Å². The molecule has 0 fully saturated rings. The highest BCUT2D eigenvalue weighted by molar-refractivity contribution is 5.85. The standard InChI is InChI=1S/C13H22O2/c1-11-9-7-5-3-2-4-6-8-10-12(11)13(14)15/h2-10H2,1H3,(H,14,15)/p-1. The van der Waals surface area contributed by atoms with Crippen molar-refractivity contribution < 1.29 is 9.90 Å². The van der Waals surface area contributed by atoms with Gasteiger partial charge < -0.3 is 9.90 Å². The highest BCUT2D eigenvalue weighted by atomic mass is 16.4. The van der Waals surface area contributed by atoms with Crippen molar-refractivity contribution in [3.63, 3.8) is 0 Å². The van der Waals surface area contributed by atoms with Crippen LogP contribution < -0.4 is 5.11 Å². The van der Waals surface area contributed by atoms with Crippen molar-refractivity contribution in [2.24, 2.45) is 0 Å². The molecule has 0 atom stereocenters. The van der Waals surface area contributed by atoms with E-state index >= 15 is 0 Å². The number of hydrogen-bond acceptors (Lipinski definition) is 2. The van der Waals surface area contributed by atoms with E-state index in [2.05, 4.69) is 0 Å². The van der Waals surface area contributed by atoms with Crippen molar-refractivity contribution in [3.8, 4) is 0 Å². The fourth-order valence-corrected chi connectivity index (χ4v) is 2.22. The normalized spacial score (nSPS) is 20.9. The van der Waals surface area contributed by atoms with Crippen LogP contribution in [0, 0.1) is 0 Å². The van der Waals surface area contributed by atoms with Gasteiger partial charge in [-0.3, -0.25) is 0 Å². The van der Waals surface area contributed by atoms with Gasteiger partial charge in [0.15, 0.2) is 0 Å². The van der Waals surface area contributed by atoms with E-state index in [1.165, 1.54) is 25.7 Å². The minimum absolute atomic E-state index is 0.567. The molecule has 86 valence electrons. The second-order valence-electron chi connectivity index (χ2n) is 4.52. The molecule has 0 aliphatic heterocycles. The molecule has 0 spiro atoms. The fourth-order valence-electron chi connectivity index (χ4n) is 2.22. The molecular formula is C13H21O2-.